The van der Waals surface area contributed by atoms with Gasteiger partial charge in [0.05, 0.1) is 11.1 Å². The number of hydrogen-bond acceptors (Lipinski definition) is 3. The van der Waals surface area contributed by atoms with E-state index in [0.717, 1.165) is 10.2 Å². The van der Waals surface area contributed by atoms with E-state index in [9.17, 15) is 13.2 Å². The number of alkyl halides is 3. The molecule has 2 heterocycles. The number of halogens is 3. The van der Waals surface area contributed by atoms with E-state index in [1.54, 1.807) is 24.3 Å². The third-order valence-electron chi connectivity index (χ3n) is 3.63. The number of nitrogens with zero attached hydrogens (tertiary/aromatic N) is 3. The van der Waals surface area contributed by atoms with Crippen molar-refractivity contribution in [3.05, 3.63) is 53.5 Å². The van der Waals surface area contributed by atoms with Crippen molar-refractivity contribution in [1.82, 2.24) is 14.8 Å². The van der Waals surface area contributed by atoms with Crippen LogP contribution in [0.25, 0.3) is 11.1 Å². The van der Waals surface area contributed by atoms with Crippen molar-refractivity contribution in [3.8, 4) is 28.8 Å². The van der Waals surface area contributed by atoms with Crippen LogP contribution in [0.3, 0.4) is 0 Å². The summed E-state index contributed by atoms with van der Waals surface area (Å²) in [6, 6.07) is 8.75. The largest absolute Gasteiger partial charge is 0.439 e. The van der Waals surface area contributed by atoms with Crippen LogP contribution in [-0.2, 0) is 13.2 Å². The van der Waals surface area contributed by atoms with Gasteiger partial charge in [-0.3, -0.25) is 0 Å². The average Bonchev–Trinajstić information content (AvgIpc) is 3.13. The third kappa shape index (κ3) is 3.08. The molecule has 1 N–H and O–H groups in total. The first-order chi connectivity index (χ1) is 11.8. The minimum Gasteiger partial charge on any atom is -0.439 e. The van der Waals surface area contributed by atoms with Gasteiger partial charge >= 0.3 is 6.18 Å². The normalized spacial score (nSPS) is 11.4. The summed E-state index contributed by atoms with van der Waals surface area (Å²) in [6.45, 7) is 1.89. The molecule has 25 heavy (non-hydrogen) atoms. The Hall–Kier alpha value is -3.21. The number of benzene rings is 1. The maximum atomic E-state index is 13.4. The van der Waals surface area contributed by atoms with Gasteiger partial charge in [0.1, 0.15) is 11.8 Å². The van der Waals surface area contributed by atoms with Crippen LogP contribution >= 0.6 is 0 Å². The van der Waals surface area contributed by atoms with Gasteiger partial charge in [0.25, 0.3) is 0 Å². The number of hydrogen-bond donors (Lipinski definition) is 1. The molecule has 0 saturated heterocycles. The standard InChI is InChI=1S/C17H13F3N4O/c1-10-3-5-12(6-4-10)25-16-14(13-9-22-8-11(13)7-21)15(17(18,19)20)23-24(16)2/h3-6,8-9,22H,1-2H3. The number of aryl methyl sites for hydroxylation is 2. The molecule has 0 aliphatic heterocycles. The van der Waals surface area contributed by atoms with E-state index in [2.05, 4.69) is 10.1 Å². The van der Waals surface area contributed by atoms with E-state index in [4.69, 9.17) is 10.00 Å². The number of nitrogens with one attached hydrogen (secondary N) is 1. The van der Waals surface area contributed by atoms with E-state index in [1.165, 1.54) is 19.4 Å². The molecule has 1 aromatic carbocycles. The summed E-state index contributed by atoms with van der Waals surface area (Å²) in [7, 11) is 1.36. The van der Waals surface area contributed by atoms with Gasteiger partial charge in [-0.2, -0.15) is 23.5 Å². The lowest BCUT2D eigenvalue weighted by molar-refractivity contribution is -0.140. The Balaban J connectivity index is 2.19. The molecule has 128 valence electrons. The van der Waals surface area contributed by atoms with Crippen molar-refractivity contribution >= 4 is 0 Å². The molecule has 3 aromatic rings. The zero-order valence-electron chi connectivity index (χ0n) is 13.3. The highest BCUT2D eigenvalue weighted by atomic mass is 19.4. The molecule has 0 unspecified atom stereocenters. The molecule has 0 atom stereocenters. The lowest BCUT2D eigenvalue weighted by Gasteiger charge is -2.10. The summed E-state index contributed by atoms with van der Waals surface area (Å²) in [4.78, 5) is 2.65. The van der Waals surface area contributed by atoms with Crippen LogP contribution in [0.1, 0.15) is 16.8 Å². The van der Waals surface area contributed by atoms with Crippen LogP contribution in [0.2, 0.25) is 0 Å². The molecule has 3 rings (SSSR count). The lowest BCUT2D eigenvalue weighted by atomic mass is 10.1. The smallest absolute Gasteiger partial charge is 0.435 e. The Kier molecular flexibility index (Phi) is 4.00. The first-order valence-electron chi connectivity index (χ1n) is 7.27. The van der Waals surface area contributed by atoms with Crippen LogP contribution in [0.4, 0.5) is 13.2 Å². The Morgan fingerprint density at radius 2 is 1.88 bits per heavy atom. The van der Waals surface area contributed by atoms with Gasteiger partial charge in [-0.25, -0.2) is 4.68 Å². The van der Waals surface area contributed by atoms with E-state index >= 15 is 0 Å². The van der Waals surface area contributed by atoms with E-state index in [0.29, 0.717) is 5.75 Å². The minimum absolute atomic E-state index is 0.0762. The van der Waals surface area contributed by atoms with Gasteiger partial charge in [0.15, 0.2) is 5.69 Å². The predicted molar refractivity (Wildman–Crippen MR) is 84.0 cm³/mol. The van der Waals surface area contributed by atoms with Crippen LogP contribution in [0.5, 0.6) is 11.6 Å². The zero-order chi connectivity index (χ0) is 18.2. The molecule has 8 heteroatoms. The second kappa shape index (κ2) is 6.02. The Bertz CT molecular complexity index is 946. The molecule has 5 nitrogen and oxygen atoms in total. The number of H-pyrrole nitrogens is 1. The summed E-state index contributed by atoms with van der Waals surface area (Å²) >= 11 is 0. The summed E-state index contributed by atoms with van der Waals surface area (Å²) in [5.41, 5.74) is -0.218. The van der Waals surface area contributed by atoms with Gasteiger partial charge < -0.3 is 9.72 Å². The fourth-order valence-electron chi connectivity index (χ4n) is 2.45. The maximum Gasteiger partial charge on any atom is 0.435 e. The maximum absolute atomic E-state index is 13.4. The number of aromatic nitrogens is 3. The average molecular weight is 346 g/mol. The van der Waals surface area contributed by atoms with Crippen LogP contribution in [-0.4, -0.2) is 14.8 Å². The molecule has 0 radical (unpaired) electrons. The van der Waals surface area contributed by atoms with Crippen molar-refractivity contribution in [2.75, 3.05) is 0 Å². The third-order valence-corrected chi connectivity index (χ3v) is 3.63. The highest BCUT2D eigenvalue weighted by Crippen LogP contribution is 2.44. The minimum atomic E-state index is -4.69. The second-order valence-electron chi connectivity index (χ2n) is 5.46. The van der Waals surface area contributed by atoms with E-state index in [-0.39, 0.29) is 22.6 Å². The Morgan fingerprint density at radius 3 is 2.48 bits per heavy atom. The molecule has 0 amide bonds. The Morgan fingerprint density at radius 1 is 1.20 bits per heavy atom. The number of aromatic amines is 1. The number of rotatable bonds is 3. The molecular formula is C17H13F3N4O. The lowest BCUT2D eigenvalue weighted by Crippen LogP contribution is -2.08. The monoisotopic (exact) mass is 346 g/mol. The molecule has 0 aliphatic rings. The SMILES string of the molecule is Cc1ccc(Oc2c(-c3c[nH]cc3C#N)c(C(F)(F)F)nn2C)cc1. The summed E-state index contributed by atoms with van der Waals surface area (Å²) < 4.78 is 47.0. The Labute approximate surface area is 141 Å². The highest BCUT2D eigenvalue weighted by molar-refractivity contribution is 5.77. The van der Waals surface area contributed by atoms with E-state index in [1.807, 2.05) is 13.0 Å². The van der Waals surface area contributed by atoms with Crippen LogP contribution < -0.4 is 4.74 Å². The van der Waals surface area contributed by atoms with Crippen molar-refractivity contribution in [3.63, 3.8) is 0 Å². The topological polar surface area (TPSA) is 66.6 Å². The fraction of sp³-hybridized carbons (Fsp3) is 0.176. The van der Waals surface area contributed by atoms with Gasteiger partial charge in [0.2, 0.25) is 5.88 Å². The second-order valence-corrected chi connectivity index (χ2v) is 5.46. The summed E-state index contributed by atoms with van der Waals surface area (Å²) in [6.07, 6.45) is -2.03. The van der Waals surface area contributed by atoms with Crippen molar-refractivity contribution in [2.45, 2.75) is 13.1 Å². The van der Waals surface area contributed by atoms with Gasteiger partial charge in [-0.1, -0.05) is 17.7 Å². The summed E-state index contributed by atoms with van der Waals surface area (Å²) in [5.74, 6) is 0.282. The van der Waals surface area contributed by atoms with Crippen LogP contribution in [0.15, 0.2) is 36.7 Å². The molecule has 0 aliphatic carbocycles. The quantitative estimate of drug-likeness (QED) is 0.764. The van der Waals surface area contributed by atoms with Crippen LogP contribution in [0, 0.1) is 18.3 Å². The fourth-order valence-corrected chi connectivity index (χ4v) is 2.45. The van der Waals surface area contributed by atoms with E-state index < -0.39 is 11.9 Å². The molecule has 2 aromatic heterocycles. The van der Waals surface area contributed by atoms with Crippen molar-refractivity contribution < 1.29 is 17.9 Å². The number of ether oxygens (including phenoxy) is 1. The zero-order valence-corrected chi connectivity index (χ0v) is 13.3. The number of nitriles is 1. The molecule has 0 spiro atoms. The predicted octanol–water partition coefficient (Wildman–Crippen LogP) is 4.41. The highest BCUT2D eigenvalue weighted by Gasteiger charge is 2.41. The summed E-state index contributed by atoms with van der Waals surface area (Å²) in [5, 5.41) is 12.7. The first kappa shape index (κ1) is 16.6. The first-order valence-corrected chi connectivity index (χ1v) is 7.27. The van der Waals surface area contributed by atoms with Gasteiger partial charge in [-0.05, 0) is 19.1 Å². The molecule has 0 saturated carbocycles. The van der Waals surface area contributed by atoms with Gasteiger partial charge in [0, 0.05) is 25.0 Å². The van der Waals surface area contributed by atoms with Crippen molar-refractivity contribution in [2.24, 2.45) is 7.05 Å². The molecule has 0 fully saturated rings. The molecular weight excluding hydrogens is 333 g/mol. The van der Waals surface area contributed by atoms with Crippen molar-refractivity contribution in [1.29, 1.82) is 5.26 Å². The van der Waals surface area contributed by atoms with Gasteiger partial charge in [-0.15, -0.1) is 0 Å². The molecule has 0 bridgehead atoms.